The number of nitrogens with one attached hydrogen (secondary N) is 1. The molecule has 0 aromatic rings. The predicted octanol–water partition coefficient (Wildman–Crippen LogP) is -2.94. The molecule has 5 N–H and O–H groups in total. The van der Waals surface area contributed by atoms with E-state index >= 15 is 0 Å². The number of β-amino-alcohol motifs (C(OH)–C–C–N with tert-alkyl or cyclic N) is 1. The molecule has 0 bridgehead atoms. The van der Waals surface area contributed by atoms with Crippen molar-refractivity contribution in [2.45, 2.75) is 23.3 Å². The van der Waals surface area contributed by atoms with E-state index < -0.39 is 43.7 Å². The molecule has 1 saturated heterocycles. The second kappa shape index (κ2) is 6.62. The first-order chi connectivity index (χ1) is 9.01. The summed E-state index contributed by atoms with van der Waals surface area (Å²) in [6, 6.07) is -0.614. The molecule has 1 aliphatic rings. The van der Waals surface area contributed by atoms with E-state index in [2.05, 4.69) is 5.32 Å². The molecule has 1 rings (SSSR count). The fourth-order valence-corrected chi connectivity index (χ4v) is 2.77. The van der Waals surface area contributed by atoms with Crippen molar-refractivity contribution in [1.82, 2.24) is 10.2 Å². The monoisotopic (exact) mass is 334 g/mol. The minimum absolute atomic E-state index is 0.241. The Kier molecular flexibility index (Phi) is 5.86. The Morgan fingerprint density at radius 1 is 1.10 bits per heavy atom. The van der Waals surface area contributed by atoms with Gasteiger partial charge in [-0.1, -0.05) is 0 Å². The Balaban J connectivity index is 2.72. The highest BCUT2D eigenvalue weighted by atomic mass is 32.2. The number of hydrogen-bond donors (Lipinski definition) is 5. The van der Waals surface area contributed by atoms with E-state index in [0.717, 1.165) is 0 Å². The van der Waals surface area contributed by atoms with Gasteiger partial charge >= 0.3 is 0 Å². The van der Waals surface area contributed by atoms with Gasteiger partial charge in [-0.25, -0.2) is 0 Å². The number of aliphatic hydroxyl groups is 2. The summed E-state index contributed by atoms with van der Waals surface area (Å²) in [6.07, 6.45) is -0.357. The fraction of sp³-hybridized carbons (Fsp3) is 1.00. The predicted molar refractivity (Wildman–Crippen MR) is 68.0 cm³/mol. The molecule has 0 aromatic carbocycles. The van der Waals surface area contributed by atoms with Crippen LogP contribution in [0.3, 0.4) is 0 Å². The third-order valence-electron chi connectivity index (χ3n) is 3.02. The van der Waals surface area contributed by atoms with Gasteiger partial charge < -0.3 is 15.5 Å². The van der Waals surface area contributed by atoms with E-state index in [-0.39, 0.29) is 19.5 Å². The Morgan fingerprint density at radius 3 is 2.15 bits per heavy atom. The Hall–Kier alpha value is -0.340. The van der Waals surface area contributed by atoms with Gasteiger partial charge in [-0.05, 0) is 0 Å². The first-order valence-electron chi connectivity index (χ1n) is 5.75. The first kappa shape index (κ1) is 17.7. The number of piperazine rings is 1. The van der Waals surface area contributed by atoms with E-state index in [1.807, 2.05) is 0 Å². The number of aliphatic hydroxyl groups excluding tert-OH is 2. The summed E-state index contributed by atoms with van der Waals surface area (Å²) in [5.74, 6) is 0. The van der Waals surface area contributed by atoms with Crippen LogP contribution in [0, 0.1) is 0 Å². The van der Waals surface area contributed by atoms with Crippen LogP contribution >= 0.6 is 0 Å². The normalized spacial score (nSPS) is 25.3. The average molecular weight is 334 g/mol. The summed E-state index contributed by atoms with van der Waals surface area (Å²) < 4.78 is 60.5. The van der Waals surface area contributed by atoms with Crippen molar-refractivity contribution in [2.24, 2.45) is 0 Å². The van der Waals surface area contributed by atoms with Gasteiger partial charge in [-0.2, -0.15) is 16.8 Å². The summed E-state index contributed by atoms with van der Waals surface area (Å²) in [4.78, 5) is 1.42. The second-order valence-corrected chi connectivity index (χ2v) is 7.68. The first-order valence-corrected chi connectivity index (χ1v) is 8.76. The zero-order valence-electron chi connectivity index (χ0n) is 10.5. The summed E-state index contributed by atoms with van der Waals surface area (Å²) >= 11 is 0. The van der Waals surface area contributed by atoms with Gasteiger partial charge in [0.15, 0.2) is 10.9 Å². The van der Waals surface area contributed by atoms with E-state index in [9.17, 15) is 27.0 Å². The quantitative estimate of drug-likeness (QED) is 0.317. The minimum atomic E-state index is -4.62. The van der Waals surface area contributed by atoms with Gasteiger partial charge in [0.1, 0.15) is 0 Å². The maximum absolute atomic E-state index is 10.8. The van der Waals surface area contributed by atoms with Gasteiger partial charge in [0.2, 0.25) is 0 Å². The van der Waals surface area contributed by atoms with Crippen LogP contribution in [-0.4, -0.2) is 84.1 Å². The second-order valence-electron chi connectivity index (χ2n) is 4.53. The van der Waals surface area contributed by atoms with Crippen LogP contribution in [0.1, 0.15) is 6.42 Å². The summed E-state index contributed by atoms with van der Waals surface area (Å²) in [6.45, 7) is 0.570. The van der Waals surface area contributed by atoms with Crippen LogP contribution in [0.4, 0.5) is 0 Å². The standard InChI is InChI=1S/C8H18N2O8S2/c11-7(19(13,14)15)3-6-4-9-1-2-10(6)5-8(12)20(16,17)18/h6-9,11-12H,1-5H2,(H,13,14,15)(H,16,17,18). The highest BCUT2D eigenvalue weighted by molar-refractivity contribution is 7.86. The van der Waals surface area contributed by atoms with Crippen molar-refractivity contribution in [2.75, 3.05) is 26.2 Å². The van der Waals surface area contributed by atoms with Crippen molar-refractivity contribution >= 4 is 20.2 Å². The van der Waals surface area contributed by atoms with Crippen molar-refractivity contribution in [3.05, 3.63) is 0 Å². The van der Waals surface area contributed by atoms with Crippen molar-refractivity contribution in [3.63, 3.8) is 0 Å². The van der Waals surface area contributed by atoms with Gasteiger partial charge in [-0.3, -0.25) is 14.0 Å². The number of rotatable bonds is 6. The molecule has 3 atom stereocenters. The van der Waals surface area contributed by atoms with Crippen LogP contribution in [0.15, 0.2) is 0 Å². The summed E-state index contributed by atoms with van der Waals surface area (Å²) in [5, 5.41) is 21.6. The van der Waals surface area contributed by atoms with Crippen LogP contribution in [0.2, 0.25) is 0 Å². The maximum atomic E-state index is 10.8. The molecule has 1 heterocycles. The Bertz CT molecular complexity index is 471. The molecule has 1 fully saturated rings. The number of hydrogen-bond acceptors (Lipinski definition) is 8. The van der Waals surface area contributed by atoms with E-state index in [0.29, 0.717) is 6.54 Å². The third-order valence-corrected chi connectivity index (χ3v) is 4.74. The zero-order valence-corrected chi connectivity index (χ0v) is 12.1. The average Bonchev–Trinajstić information content (AvgIpc) is 2.29. The lowest BCUT2D eigenvalue weighted by Gasteiger charge is -2.37. The molecule has 0 radical (unpaired) electrons. The largest absolute Gasteiger partial charge is 0.375 e. The SMILES string of the molecule is O=S(=O)(O)C(O)CC1CNCCN1CC(O)S(=O)(=O)O. The lowest BCUT2D eigenvalue weighted by Crippen LogP contribution is -2.55. The van der Waals surface area contributed by atoms with Crippen molar-refractivity contribution in [1.29, 1.82) is 0 Å². The Morgan fingerprint density at radius 2 is 1.65 bits per heavy atom. The molecule has 0 saturated carbocycles. The van der Waals surface area contributed by atoms with Crippen LogP contribution in [0.5, 0.6) is 0 Å². The molecule has 0 amide bonds. The van der Waals surface area contributed by atoms with E-state index in [4.69, 9.17) is 9.11 Å². The Labute approximate surface area is 116 Å². The molecular weight excluding hydrogens is 316 g/mol. The van der Waals surface area contributed by atoms with Crippen molar-refractivity contribution < 1.29 is 36.2 Å². The molecule has 10 nitrogen and oxygen atoms in total. The zero-order chi connectivity index (χ0) is 15.6. The molecule has 0 spiro atoms. The van der Waals surface area contributed by atoms with Gasteiger partial charge in [0.05, 0.1) is 0 Å². The van der Waals surface area contributed by atoms with Crippen LogP contribution in [-0.2, 0) is 20.2 Å². The summed E-state index contributed by atoms with van der Waals surface area (Å²) in [7, 11) is -9.23. The molecule has 120 valence electrons. The molecule has 20 heavy (non-hydrogen) atoms. The third kappa shape index (κ3) is 5.21. The highest BCUT2D eigenvalue weighted by Gasteiger charge is 2.32. The topological polar surface area (TPSA) is 164 Å². The van der Waals surface area contributed by atoms with Crippen molar-refractivity contribution in [3.8, 4) is 0 Å². The van der Waals surface area contributed by atoms with E-state index in [1.54, 1.807) is 0 Å². The molecule has 12 heteroatoms. The fourth-order valence-electron chi connectivity index (χ4n) is 1.92. The summed E-state index contributed by atoms with van der Waals surface area (Å²) in [5.41, 5.74) is -4.02. The lowest BCUT2D eigenvalue weighted by molar-refractivity contribution is 0.0814. The molecular formula is C8H18N2O8S2. The van der Waals surface area contributed by atoms with Crippen LogP contribution in [0.25, 0.3) is 0 Å². The highest BCUT2D eigenvalue weighted by Crippen LogP contribution is 2.14. The molecule has 1 aliphatic heterocycles. The molecule has 3 unspecified atom stereocenters. The smallest absolute Gasteiger partial charge is 0.293 e. The lowest BCUT2D eigenvalue weighted by atomic mass is 10.1. The van der Waals surface area contributed by atoms with Gasteiger partial charge in [0.25, 0.3) is 20.2 Å². The minimum Gasteiger partial charge on any atom is -0.375 e. The van der Waals surface area contributed by atoms with Gasteiger partial charge in [-0.15, -0.1) is 0 Å². The molecule has 0 aromatic heterocycles. The van der Waals surface area contributed by atoms with E-state index in [1.165, 1.54) is 4.90 Å². The maximum Gasteiger partial charge on any atom is 0.293 e. The van der Waals surface area contributed by atoms with Gasteiger partial charge in [0, 0.05) is 38.6 Å². The molecule has 0 aliphatic carbocycles. The number of nitrogens with zero attached hydrogens (tertiary/aromatic N) is 1. The van der Waals surface area contributed by atoms with Crippen LogP contribution < -0.4 is 5.32 Å².